The van der Waals surface area contributed by atoms with Crippen molar-refractivity contribution in [2.45, 2.75) is 30.5 Å². The van der Waals surface area contributed by atoms with Crippen LogP contribution in [0.1, 0.15) is 20.3 Å². The third kappa shape index (κ3) is 3.26. The summed E-state index contributed by atoms with van der Waals surface area (Å²) in [4.78, 5) is 15.4. The summed E-state index contributed by atoms with van der Waals surface area (Å²) in [5.41, 5.74) is 0. The second-order valence-electron chi connectivity index (χ2n) is 3.65. The highest BCUT2D eigenvalue weighted by Crippen LogP contribution is 2.12. The molecule has 1 rings (SSSR count). The van der Waals surface area contributed by atoms with Gasteiger partial charge in [-0.2, -0.15) is 0 Å². The molecule has 0 bridgehead atoms. The molecule has 5 nitrogen and oxygen atoms in total. The normalized spacial score (nSPS) is 13.1. The molecule has 0 aliphatic rings. The monoisotopic (exact) mass is 256 g/mol. The number of hydrogen-bond acceptors (Lipinski definition) is 4. The Morgan fingerprint density at radius 1 is 1.47 bits per heavy atom. The van der Waals surface area contributed by atoms with Crippen LogP contribution in [0.15, 0.2) is 29.4 Å². The highest BCUT2D eigenvalue weighted by atomic mass is 32.2. The maximum atomic E-state index is 12.0. The Kier molecular flexibility index (Phi) is 4.62. The Bertz CT molecular complexity index is 471. The van der Waals surface area contributed by atoms with Crippen molar-refractivity contribution in [3.8, 4) is 0 Å². The molecule has 0 aromatic carbocycles. The van der Waals surface area contributed by atoms with Crippen LogP contribution in [-0.2, 0) is 14.6 Å². The average molecular weight is 256 g/mol. The quantitative estimate of drug-likeness (QED) is 0.844. The molecule has 1 aromatic rings. The summed E-state index contributed by atoms with van der Waals surface area (Å²) in [6.07, 6.45) is 2.16. The number of carbonyl (C=O) groups excluding carboxylic acids is 1. The summed E-state index contributed by atoms with van der Waals surface area (Å²) in [5, 5.41) is 1.37. The number of sulfone groups is 1. The molecule has 0 saturated heterocycles. The van der Waals surface area contributed by atoms with E-state index in [1.807, 2.05) is 6.92 Å². The molecule has 1 atom stereocenters. The highest BCUT2D eigenvalue weighted by molar-refractivity contribution is 7.92. The zero-order chi connectivity index (χ0) is 12.9. The first-order chi connectivity index (χ1) is 8.00. The minimum Gasteiger partial charge on any atom is -0.355 e. The topological polar surface area (TPSA) is 76.1 Å². The van der Waals surface area contributed by atoms with Crippen molar-refractivity contribution in [2.24, 2.45) is 0 Å². The second kappa shape index (κ2) is 5.77. The van der Waals surface area contributed by atoms with Gasteiger partial charge in [-0.25, -0.2) is 13.4 Å². The van der Waals surface area contributed by atoms with Gasteiger partial charge in [-0.05, 0) is 25.5 Å². The maximum absolute atomic E-state index is 12.0. The van der Waals surface area contributed by atoms with Crippen LogP contribution in [-0.4, -0.2) is 31.1 Å². The number of rotatable bonds is 5. The molecule has 0 aliphatic heterocycles. The molecule has 1 aromatic heterocycles. The molecule has 6 heteroatoms. The van der Waals surface area contributed by atoms with Gasteiger partial charge in [-0.15, -0.1) is 0 Å². The van der Waals surface area contributed by atoms with Crippen LogP contribution >= 0.6 is 0 Å². The smallest absolute Gasteiger partial charge is 0.238 e. The van der Waals surface area contributed by atoms with Crippen LogP contribution in [0.3, 0.4) is 0 Å². The highest BCUT2D eigenvalue weighted by Gasteiger charge is 2.30. The largest absolute Gasteiger partial charge is 0.355 e. The fraction of sp³-hybridized carbons (Fsp3) is 0.455. The van der Waals surface area contributed by atoms with Crippen molar-refractivity contribution in [1.29, 1.82) is 0 Å². The van der Waals surface area contributed by atoms with Gasteiger partial charge >= 0.3 is 0 Å². The predicted octanol–water partition coefficient (Wildman–Crippen LogP) is 0.770. The number of nitrogens with zero attached hydrogens (tertiary/aromatic N) is 1. The molecule has 0 unspecified atom stereocenters. The molecule has 1 amide bonds. The first kappa shape index (κ1) is 13.6. The fourth-order valence-corrected chi connectivity index (χ4v) is 2.43. The summed E-state index contributed by atoms with van der Waals surface area (Å²) in [6, 6.07) is 4.59. The summed E-state index contributed by atoms with van der Waals surface area (Å²) >= 11 is 0. The van der Waals surface area contributed by atoms with E-state index in [-0.39, 0.29) is 5.03 Å². The fourth-order valence-electron chi connectivity index (χ4n) is 1.23. The van der Waals surface area contributed by atoms with Crippen LogP contribution in [0, 0.1) is 0 Å². The van der Waals surface area contributed by atoms with E-state index in [1.165, 1.54) is 19.2 Å². The number of pyridine rings is 1. The summed E-state index contributed by atoms with van der Waals surface area (Å²) in [5.74, 6) is -0.488. The summed E-state index contributed by atoms with van der Waals surface area (Å²) in [6.45, 7) is 3.74. The van der Waals surface area contributed by atoms with Gasteiger partial charge in [-0.1, -0.05) is 13.0 Å². The molecule has 17 heavy (non-hydrogen) atoms. The molecular formula is C11H16N2O3S. The molecular weight excluding hydrogens is 240 g/mol. The van der Waals surface area contributed by atoms with E-state index < -0.39 is 21.0 Å². The van der Waals surface area contributed by atoms with Crippen LogP contribution in [0.5, 0.6) is 0 Å². The molecule has 94 valence electrons. The zero-order valence-corrected chi connectivity index (χ0v) is 10.7. The number of aromatic nitrogens is 1. The van der Waals surface area contributed by atoms with E-state index in [0.29, 0.717) is 6.54 Å². The van der Waals surface area contributed by atoms with Crippen molar-refractivity contribution in [3.63, 3.8) is 0 Å². The molecule has 0 saturated carbocycles. The lowest BCUT2D eigenvalue weighted by Crippen LogP contribution is -2.38. The van der Waals surface area contributed by atoms with Gasteiger partial charge in [0, 0.05) is 12.7 Å². The van der Waals surface area contributed by atoms with E-state index in [9.17, 15) is 13.2 Å². The van der Waals surface area contributed by atoms with Crippen molar-refractivity contribution < 1.29 is 13.2 Å². The molecule has 0 fully saturated rings. The van der Waals surface area contributed by atoms with Gasteiger partial charge in [0.1, 0.15) is 5.25 Å². The van der Waals surface area contributed by atoms with E-state index in [0.717, 1.165) is 6.42 Å². The molecule has 1 N–H and O–H groups in total. The first-order valence-electron chi connectivity index (χ1n) is 5.42. The molecule has 0 aliphatic carbocycles. The van der Waals surface area contributed by atoms with Gasteiger partial charge in [0.15, 0.2) is 5.03 Å². The summed E-state index contributed by atoms with van der Waals surface area (Å²) in [7, 11) is -3.69. The first-order valence-corrected chi connectivity index (χ1v) is 6.97. The Hall–Kier alpha value is -1.43. The van der Waals surface area contributed by atoms with Crippen molar-refractivity contribution in [1.82, 2.24) is 10.3 Å². The van der Waals surface area contributed by atoms with Gasteiger partial charge < -0.3 is 5.32 Å². The Morgan fingerprint density at radius 2 is 2.18 bits per heavy atom. The predicted molar refractivity (Wildman–Crippen MR) is 64.2 cm³/mol. The van der Waals surface area contributed by atoms with E-state index in [4.69, 9.17) is 0 Å². The lowest BCUT2D eigenvalue weighted by molar-refractivity contribution is -0.120. The summed E-state index contributed by atoms with van der Waals surface area (Å²) < 4.78 is 24.0. The lowest BCUT2D eigenvalue weighted by atomic mass is 10.4. The van der Waals surface area contributed by atoms with E-state index >= 15 is 0 Å². The number of carbonyl (C=O) groups is 1. The van der Waals surface area contributed by atoms with Crippen LogP contribution in [0.2, 0.25) is 0 Å². The van der Waals surface area contributed by atoms with Gasteiger partial charge in [0.05, 0.1) is 0 Å². The SMILES string of the molecule is CCCNC(=O)[C@H](C)S(=O)(=O)c1ccccn1. The second-order valence-corrected chi connectivity index (χ2v) is 5.86. The maximum Gasteiger partial charge on any atom is 0.238 e. The van der Waals surface area contributed by atoms with Crippen LogP contribution in [0.25, 0.3) is 0 Å². The third-order valence-corrected chi connectivity index (χ3v) is 4.28. The standard InChI is InChI=1S/C11H16N2O3S/c1-3-7-13-11(14)9(2)17(15,16)10-6-4-5-8-12-10/h4-6,8-9H,3,7H2,1-2H3,(H,13,14)/t9-/m0/s1. The zero-order valence-electron chi connectivity index (χ0n) is 9.88. The van der Waals surface area contributed by atoms with Crippen LogP contribution in [0.4, 0.5) is 0 Å². The van der Waals surface area contributed by atoms with Crippen molar-refractivity contribution >= 4 is 15.7 Å². The van der Waals surface area contributed by atoms with Crippen LogP contribution < -0.4 is 5.32 Å². The molecule has 1 heterocycles. The van der Waals surface area contributed by atoms with E-state index in [1.54, 1.807) is 12.1 Å². The van der Waals surface area contributed by atoms with Gasteiger partial charge in [0.2, 0.25) is 15.7 Å². The third-order valence-electron chi connectivity index (χ3n) is 2.31. The number of nitrogens with one attached hydrogen (secondary N) is 1. The minimum absolute atomic E-state index is 0.0702. The number of amides is 1. The van der Waals surface area contributed by atoms with Gasteiger partial charge in [0.25, 0.3) is 0 Å². The molecule has 0 radical (unpaired) electrons. The Morgan fingerprint density at radius 3 is 2.71 bits per heavy atom. The molecule has 0 spiro atoms. The van der Waals surface area contributed by atoms with Gasteiger partial charge in [-0.3, -0.25) is 4.79 Å². The van der Waals surface area contributed by atoms with E-state index in [2.05, 4.69) is 10.3 Å². The Labute approximate surface area is 101 Å². The lowest BCUT2D eigenvalue weighted by Gasteiger charge is -2.12. The van der Waals surface area contributed by atoms with Crippen molar-refractivity contribution in [2.75, 3.05) is 6.54 Å². The number of hydrogen-bond donors (Lipinski definition) is 1. The average Bonchev–Trinajstić information content (AvgIpc) is 2.36. The minimum atomic E-state index is -3.69. The van der Waals surface area contributed by atoms with Crippen molar-refractivity contribution in [3.05, 3.63) is 24.4 Å². The Balaban J connectivity index is 2.88.